The van der Waals surface area contributed by atoms with Crippen LogP contribution >= 0.6 is 0 Å². The first-order chi connectivity index (χ1) is 8.39. The number of carbonyl (C=O) groups excluding carboxylic acids is 1. The lowest BCUT2D eigenvalue weighted by atomic mass is 9.90. The van der Waals surface area contributed by atoms with Gasteiger partial charge in [0.05, 0.1) is 12.7 Å². The molecular formula is C14H22N2O2. The summed E-state index contributed by atoms with van der Waals surface area (Å²) in [7, 11) is 1.57. The van der Waals surface area contributed by atoms with E-state index >= 15 is 0 Å². The van der Waals surface area contributed by atoms with Crippen molar-refractivity contribution in [2.24, 2.45) is 5.41 Å². The third-order valence-corrected chi connectivity index (χ3v) is 3.19. The molecule has 0 radical (unpaired) electrons. The van der Waals surface area contributed by atoms with Crippen LogP contribution in [0.25, 0.3) is 0 Å². The maximum Gasteiger partial charge on any atom is 0.253 e. The van der Waals surface area contributed by atoms with Crippen LogP contribution in [0.1, 0.15) is 37.6 Å². The maximum absolute atomic E-state index is 12.0. The van der Waals surface area contributed by atoms with Crippen molar-refractivity contribution in [3.8, 4) is 5.75 Å². The molecule has 100 valence electrons. The highest BCUT2D eigenvalue weighted by Crippen LogP contribution is 2.21. The minimum absolute atomic E-state index is 0.0941. The summed E-state index contributed by atoms with van der Waals surface area (Å²) >= 11 is 0. The fourth-order valence-electron chi connectivity index (χ4n) is 1.41. The van der Waals surface area contributed by atoms with Gasteiger partial charge in [0.25, 0.3) is 5.91 Å². The maximum atomic E-state index is 12.0. The molecule has 18 heavy (non-hydrogen) atoms. The van der Waals surface area contributed by atoms with Crippen molar-refractivity contribution in [2.45, 2.75) is 27.2 Å². The first-order valence-electron chi connectivity index (χ1n) is 6.11. The number of nitrogen functional groups attached to an aromatic ring is 1. The first kappa shape index (κ1) is 14.4. The van der Waals surface area contributed by atoms with E-state index in [1.165, 1.54) is 0 Å². The average molecular weight is 250 g/mol. The van der Waals surface area contributed by atoms with Gasteiger partial charge in [0.1, 0.15) is 5.75 Å². The monoisotopic (exact) mass is 250 g/mol. The van der Waals surface area contributed by atoms with Crippen molar-refractivity contribution >= 4 is 11.6 Å². The zero-order valence-corrected chi connectivity index (χ0v) is 11.5. The summed E-state index contributed by atoms with van der Waals surface area (Å²) in [6.07, 6.45) is 1.01. The number of rotatable bonds is 5. The van der Waals surface area contributed by atoms with E-state index in [4.69, 9.17) is 10.5 Å². The SMILES string of the molecule is CCC(C)(C)CNC(=O)c1ccc(OC)cc1N. The molecular weight excluding hydrogens is 228 g/mol. The van der Waals surface area contributed by atoms with Crippen LogP contribution in [0.5, 0.6) is 5.75 Å². The number of anilines is 1. The van der Waals surface area contributed by atoms with Gasteiger partial charge in [0, 0.05) is 18.3 Å². The Balaban J connectivity index is 2.73. The van der Waals surface area contributed by atoms with Gasteiger partial charge < -0.3 is 15.8 Å². The number of ether oxygens (including phenoxy) is 1. The highest BCUT2D eigenvalue weighted by Gasteiger charge is 2.17. The highest BCUT2D eigenvalue weighted by molar-refractivity contribution is 5.99. The minimum atomic E-state index is -0.142. The normalized spacial score (nSPS) is 11.1. The van der Waals surface area contributed by atoms with Crippen LogP contribution in [-0.4, -0.2) is 19.6 Å². The van der Waals surface area contributed by atoms with E-state index in [0.717, 1.165) is 6.42 Å². The second-order valence-corrected chi connectivity index (χ2v) is 5.15. The smallest absolute Gasteiger partial charge is 0.253 e. The van der Waals surface area contributed by atoms with Crippen molar-refractivity contribution in [2.75, 3.05) is 19.4 Å². The second kappa shape index (κ2) is 5.76. The zero-order valence-electron chi connectivity index (χ0n) is 11.5. The molecule has 0 aromatic heterocycles. The van der Waals surface area contributed by atoms with Gasteiger partial charge in [0.2, 0.25) is 0 Å². The lowest BCUT2D eigenvalue weighted by Crippen LogP contribution is -2.33. The topological polar surface area (TPSA) is 64.3 Å². The zero-order chi connectivity index (χ0) is 13.8. The van der Waals surface area contributed by atoms with Crippen molar-refractivity contribution in [1.82, 2.24) is 5.32 Å². The Labute approximate surface area is 109 Å². The van der Waals surface area contributed by atoms with E-state index in [-0.39, 0.29) is 11.3 Å². The number of nitrogens with two attached hydrogens (primary N) is 1. The van der Waals surface area contributed by atoms with E-state index in [1.807, 2.05) is 0 Å². The number of hydrogen-bond acceptors (Lipinski definition) is 3. The molecule has 0 aliphatic heterocycles. The van der Waals surface area contributed by atoms with Gasteiger partial charge in [-0.05, 0) is 24.0 Å². The Morgan fingerprint density at radius 3 is 2.61 bits per heavy atom. The van der Waals surface area contributed by atoms with Gasteiger partial charge in [-0.15, -0.1) is 0 Å². The number of methoxy groups -OCH3 is 1. The van der Waals surface area contributed by atoms with Crippen molar-refractivity contribution in [1.29, 1.82) is 0 Å². The summed E-state index contributed by atoms with van der Waals surface area (Å²) < 4.78 is 5.05. The van der Waals surface area contributed by atoms with E-state index in [2.05, 4.69) is 26.1 Å². The number of nitrogens with one attached hydrogen (secondary N) is 1. The van der Waals surface area contributed by atoms with Crippen LogP contribution in [0.2, 0.25) is 0 Å². The minimum Gasteiger partial charge on any atom is -0.497 e. The molecule has 4 heteroatoms. The molecule has 1 amide bonds. The highest BCUT2D eigenvalue weighted by atomic mass is 16.5. The van der Waals surface area contributed by atoms with Gasteiger partial charge in [-0.25, -0.2) is 0 Å². The molecule has 0 saturated carbocycles. The molecule has 1 rings (SSSR count). The van der Waals surface area contributed by atoms with Crippen LogP contribution in [0.15, 0.2) is 18.2 Å². The lowest BCUT2D eigenvalue weighted by Gasteiger charge is -2.23. The average Bonchev–Trinajstić information content (AvgIpc) is 2.36. The summed E-state index contributed by atoms with van der Waals surface area (Å²) in [4.78, 5) is 12.0. The Kier molecular flexibility index (Phi) is 4.59. The van der Waals surface area contributed by atoms with E-state index in [0.29, 0.717) is 23.5 Å². The van der Waals surface area contributed by atoms with Crippen molar-refractivity contribution in [3.63, 3.8) is 0 Å². The summed E-state index contributed by atoms with van der Waals surface area (Å²) in [6.45, 7) is 6.97. The van der Waals surface area contributed by atoms with Gasteiger partial charge in [-0.1, -0.05) is 20.8 Å². The lowest BCUT2D eigenvalue weighted by molar-refractivity contribution is 0.0936. The molecule has 1 aromatic carbocycles. The summed E-state index contributed by atoms with van der Waals surface area (Å²) in [5.41, 5.74) is 6.84. The van der Waals surface area contributed by atoms with E-state index in [1.54, 1.807) is 25.3 Å². The Hall–Kier alpha value is -1.71. The molecule has 0 unspecified atom stereocenters. The first-order valence-corrected chi connectivity index (χ1v) is 6.11. The third kappa shape index (κ3) is 3.65. The molecule has 3 N–H and O–H groups in total. The fourth-order valence-corrected chi connectivity index (χ4v) is 1.41. The second-order valence-electron chi connectivity index (χ2n) is 5.15. The quantitative estimate of drug-likeness (QED) is 0.789. The molecule has 0 bridgehead atoms. The van der Waals surface area contributed by atoms with Crippen molar-refractivity contribution < 1.29 is 9.53 Å². The van der Waals surface area contributed by atoms with Gasteiger partial charge in [-0.3, -0.25) is 4.79 Å². The Morgan fingerprint density at radius 2 is 2.11 bits per heavy atom. The number of amides is 1. The van der Waals surface area contributed by atoms with Gasteiger partial charge >= 0.3 is 0 Å². The molecule has 1 aromatic rings. The number of benzene rings is 1. The number of carbonyl (C=O) groups is 1. The summed E-state index contributed by atoms with van der Waals surface area (Å²) in [6, 6.07) is 5.07. The largest absolute Gasteiger partial charge is 0.497 e. The molecule has 4 nitrogen and oxygen atoms in total. The van der Waals surface area contributed by atoms with Crippen LogP contribution in [0.3, 0.4) is 0 Å². The molecule has 0 atom stereocenters. The standard InChI is InChI=1S/C14H22N2O2/c1-5-14(2,3)9-16-13(17)11-7-6-10(18-4)8-12(11)15/h6-8H,5,9,15H2,1-4H3,(H,16,17). The molecule has 0 aliphatic rings. The van der Waals surface area contributed by atoms with Gasteiger partial charge in [0.15, 0.2) is 0 Å². The van der Waals surface area contributed by atoms with E-state index < -0.39 is 0 Å². The van der Waals surface area contributed by atoms with Crippen LogP contribution in [0, 0.1) is 5.41 Å². The van der Waals surface area contributed by atoms with Crippen molar-refractivity contribution in [3.05, 3.63) is 23.8 Å². The predicted octanol–water partition coefficient (Wildman–Crippen LogP) is 2.44. The molecule has 0 fully saturated rings. The molecule has 0 heterocycles. The summed E-state index contributed by atoms with van der Waals surface area (Å²) in [5.74, 6) is 0.509. The molecule has 0 saturated heterocycles. The van der Waals surface area contributed by atoms with Gasteiger partial charge in [-0.2, -0.15) is 0 Å². The van der Waals surface area contributed by atoms with E-state index in [9.17, 15) is 4.79 Å². The predicted molar refractivity (Wildman–Crippen MR) is 73.8 cm³/mol. The van der Waals surface area contributed by atoms with Crippen LogP contribution in [0.4, 0.5) is 5.69 Å². The Bertz CT molecular complexity index is 428. The summed E-state index contributed by atoms with van der Waals surface area (Å²) in [5, 5.41) is 2.91. The van der Waals surface area contributed by atoms with Crippen LogP contribution < -0.4 is 15.8 Å². The molecule has 0 spiro atoms. The van der Waals surface area contributed by atoms with Crippen LogP contribution in [-0.2, 0) is 0 Å². The third-order valence-electron chi connectivity index (χ3n) is 3.19. The fraction of sp³-hybridized carbons (Fsp3) is 0.500. The Morgan fingerprint density at radius 1 is 1.44 bits per heavy atom. The molecule has 0 aliphatic carbocycles. The number of hydrogen-bond donors (Lipinski definition) is 2.